The normalized spacial score (nSPS) is 14.8. The highest BCUT2D eigenvalue weighted by molar-refractivity contribution is 5.97. The molecular weight excluding hydrogens is 404 g/mol. The summed E-state index contributed by atoms with van der Waals surface area (Å²) in [7, 11) is 0. The molecule has 0 bridgehead atoms. The fourth-order valence-electron chi connectivity index (χ4n) is 2.99. The molecule has 0 spiro atoms. The number of hydroxylamine groups is 1. The number of carbonyl (C=O) groups is 2. The van der Waals surface area contributed by atoms with E-state index < -0.39 is 23.9 Å². The third-order valence-corrected chi connectivity index (χ3v) is 5.08. The average Bonchev–Trinajstić information content (AvgIpc) is 3.64. The molecule has 1 unspecified atom stereocenters. The van der Waals surface area contributed by atoms with Crippen molar-refractivity contribution in [2.24, 2.45) is 5.73 Å². The van der Waals surface area contributed by atoms with E-state index in [9.17, 15) is 9.59 Å². The van der Waals surface area contributed by atoms with Gasteiger partial charge in [0.25, 0.3) is 11.8 Å². The van der Waals surface area contributed by atoms with Crippen molar-refractivity contribution in [3.05, 3.63) is 76.9 Å². The maximum Gasteiger partial charge on any atom is 0.267 e. The fraction of sp³-hybridized carbons (Fsp3) is 0.280. The van der Waals surface area contributed by atoms with E-state index in [1.807, 2.05) is 6.08 Å². The smallest absolute Gasteiger partial charge is 0.267 e. The van der Waals surface area contributed by atoms with Crippen LogP contribution in [-0.4, -0.2) is 35.1 Å². The minimum Gasteiger partial charge on any atom is -0.339 e. The maximum absolute atomic E-state index is 12.3. The SMILES string of the molecule is C[C@@H](N)C(NC(=O)c1ccc(C#C/C=C/c2ccc(CNC3CC3)cc2)cc1)C(=O)NO. The Morgan fingerprint density at radius 3 is 2.44 bits per heavy atom. The number of hydrogen-bond acceptors (Lipinski definition) is 5. The third-order valence-electron chi connectivity index (χ3n) is 5.08. The Balaban J connectivity index is 1.53. The van der Waals surface area contributed by atoms with Crippen molar-refractivity contribution < 1.29 is 14.8 Å². The maximum atomic E-state index is 12.3. The fourth-order valence-corrected chi connectivity index (χ4v) is 2.99. The summed E-state index contributed by atoms with van der Waals surface area (Å²) in [4.78, 5) is 23.9. The number of hydrogen-bond donors (Lipinski definition) is 5. The van der Waals surface area contributed by atoms with Crippen molar-refractivity contribution >= 4 is 17.9 Å². The highest BCUT2D eigenvalue weighted by Crippen LogP contribution is 2.19. The summed E-state index contributed by atoms with van der Waals surface area (Å²) < 4.78 is 0. The molecular formula is C25H28N4O3. The molecule has 166 valence electrons. The molecule has 2 amide bonds. The van der Waals surface area contributed by atoms with Crippen LogP contribution in [-0.2, 0) is 11.3 Å². The average molecular weight is 433 g/mol. The number of nitrogens with one attached hydrogen (secondary N) is 3. The van der Waals surface area contributed by atoms with Crippen molar-refractivity contribution in [2.75, 3.05) is 0 Å². The van der Waals surface area contributed by atoms with E-state index in [1.165, 1.54) is 23.9 Å². The molecule has 0 radical (unpaired) electrons. The van der Waals surface area contributed by atoms with E-state index >= 15 is 0 Å². The topological polar surface area (TPSA) is 116 Å². The largest absolute Gasteiger partial charge is 0.339 e. The highest BCUT2D eigenvalue weighted by atomic mass is 16.5. The Labute approximate surface area is 188 Å². The van der Waals surface area contributed by atoms with Gasteiger partial charge in [-0.2, -0.15) is 0 Å². The molecule has 7 nitrogen and oxygen atoms in total. The van der Waals surface area contributed by atoms with Crippen LogP contribution in [0.25, 0.3) is 6.08 Å². The number of nitrogens with two attached hydrogens (primary N) is 1. The summed E-state index contributed by atoms with van der Waals surface area (Å²) in [5.74, 6) is 4.78. The first-order valence-electron chi connectivity index (χ1n) is 10.6. The number of carbonyl (C=O) groups excluding carboxylic acids is 2. The minimum atomic E-state index is -1.04. The number of rotatable bonds is 8. The molecule has 32 heavy (non-hydrogen) atoms. The number of amides is 2. The molecule has 0 aromatic heterocycles. The van der Waals surface area contributed by atoms with Gasteiger partial charge in [-0.05, 0) is 67.3 Å². The van der Waals surface area contributed by atoms with Gasteiger partial charge in [0.05, 0.1) is 0 Å². The molecule has 1 saturated carbocycles. The van der Waals surface area contributed by atoms with Gasteiger partial charge in [0.15, 0.2) is 0 Å². The van der Waals surface area contributed by atoms with Crippen molar-refractivity contribution in [2.45, 2.75) is 44.4 Å². The predicted octanol–water partition coefficient (Wildman–Crippen LogP) is 1.95. The van der Waals surface area contributed by atoms with Gasteiger partial charge in [0.1, 0.15) is 6.04 Å². The van der Waals surface area contributed by atoms with Crippen LogP contribution in [0.1, 0.15) is 46.8 Å². The van der Waals surface area contributed by atoms with E-state index in [2.05, 4.69) is 46.7 Å². The van der Waals surface area contributed by atoms with Gasteiger partial charge in [0.2, 0.25) is 0 Å². The van der Waals surface area contributed by atoms with Crippen LogP contribution in [0.15, 0.2) is 54.6 Å². The lowest BCUT2D eigenvalue weighted by Crippen LogP contribution is -2.54. The van der Waals surface area contributed by atoms with E-state index in [1.54, 1.807) is 37.3 Å². The second-order valence-corrected chi connectivity index (χ2v) is 7.86. The van der Waals surface area contributed by atoms with Crippen LogP contribution in [0.3, 0.4) is 0 Å². The van der Waals surface area contributed by atoms with Crippen molar-refractivity contribution in [1.29, 1.82) is 0 Å². The monoisotopic (exact) mass is 432 g/mol. The Kier molecular flexibility index (Phi) is 8.17. The molecule has 0 saturated heterocycles. The predicted molar refractivity (Wildman–Crippen MR) is 123 cm³/mol. The Hall–Kier alpha value is -3.44. The molecule has 3 rings (SSSR count). The van der Waals surface area contributed by atoms with Crippen LogP contribution in [0.2, 0.25) is 0 Å². The molecule has 7 heteroatoms. The molecule has 2 atom stereocenters. The lowest BCUT2D eigenvalue weighted by molar-refractivity contribution is -0.131. The highest BCUT2D eigenvalue weighted by Gasteiger charge is 2.24. The van der Waals surface area contributed by atoms with Gasteiger partial charge in [-0.3, -0.25) is 14.8 Å². The molecule has 1 aliphatic rings. The first-order valence-corrected chi connectivity index (χ1v) is 10.6. The number of benzene rings is 2. The van der Waals surface area contributed by atoms with Gasteiger partial charge in [-0.25, -0.2) is 5.48 Å². The molecule has 1 fully saturated rings. The first-order chi connectivity index (χ1) is 15.5. The lowest BCUT2D eigenvalue weighted by Gasteiger charge is -2.19. The zero-order valence-corrected chi connectivity index (χ0v) is 18.0. The Morgan fingerprint density at radius 1 is 1.16 bits per heavy atom. The molecule has 6 N–H and O–H groups in total. The standard InChI is InChI=1S/C25H28N4O3/c1-17(26)23(25(31)29-32)28-24(30)21-12-10-19(11-13-21)5-3-2-4-18-6-8-20(9-7-18)16-27-22-14-15-22/h2,4,6-13,17,22-23,27,32H,14-16,26H2,1H3,(H,28,30)(H,29,31)/b4-2+/t17-,23?/m1/s1. The molecule has 2 aromatic rings. The van der Waals surface area contributed by atoms with E-state index in [0.29, 0.717) is 11.6 Å². The van der Waals surface area contributed by atoms with E-state index in [-0.39, 0.29) is 0 Å². The van der Waals surface area contributed by atoms with Crippen LogP contribution < -0.4 is 21.8 Å². The summed E-state index contributed by atoms with van der Waals surface area (Å²) in [5.41, 5.74) is 10.7. The van der Waals surface area contributed by atoms with Gasteiger partial charge in [-0.1, -0.05) is 36.1 Å². The zero-order valence-electron chi connectivity index (χ0n) is 18.0. The lowest BCUT2D eigenvalue weighted by atomic mass is 10.1. The summed E-state index contributed by atoms with van der Waals surface area (Å²) in [5, 5.41) is 14.8. The van der Waals surface area contributed by atoms with Crippen molar-refractivity contribution in [3.63, 3.8) is 0 Å². The van der Waals surface area contributed by atoms with Gasteiger partial charge < -0.3 is 16.4 Å². The quantitative estimate of drug-likeness (QED) is 0.248. The van der Waals surface area contributed by atoms with Gasteiger partial charge >= 0.3 is 0 Å². The first kappa shape index (κ1) is 23.2. The van der Waals surface area contributed by atoms with Crippen LogP contribution >= 0.6 is 0 Å². The summed E-state index contributed by atoms with van der Waals surface area (Å²) in [6, 6.07) is 14.1. The molecule has 2 aromatic carbocycles. The van der Waals surface area contributed by atoms with Crippen LogP contribution in [0.5, 0.6) is 0 Å². The Morgan fingerprint density at radius 2 is 1.84 bits per heavy atom. The van der Waals surface area contributed by atoms with E-state index in [4.69, 9.17) is 10.9 Å². The van der Waals surface area contributed by atoms with Crippen molar-refractivity contribution in [1.82, 2.24) is 16.1 Å². The second-order valence-electron chi connectivity index (χ2n) is 7.86. The molecule has 0 heterocycles. The van der Waals surface area contributed by atoms with Crippen molar-refractivity contribution in [3.8, 4) is 11.8 Å². The second kappa shape index (κ2) is 11.3. The number of allylic oxidation sites excluding steroid dienone is 1. The van der Waals surface area contributed by atoms with E-state index in [0.717, 1.165) is 17.7 Å². The summed E-state index contributed by atoms with van der Waals surface area (Å²) in [6.07, 6.45) is 6.31. The molecule has 1 aliphatic carbocycles. The summed E-state index contributed by atoms with van der Waals surface area (Å²) in [6.45, 7) is 2.47. The van der Waals surface area contributed by atoms with Crippen LogP contribution in [0, 0.1) is 11.8 Å². The zero-order chi connectivity index (χ0) is 22.9. The summed E-state index contributed by atoms with van der Waals surface area (Å²) >= 11 is 0. The van der Waals surface area contributed by atoms with Gasteiger partial charge in [0, 0.05) is 29.8 Å². The van der Waals surface area contributed by atoms with Gasteiger partial charge in [-0.15, -0.1) is 0 Å². The third kappa shape index (κ3) is 7.06. The van der Waals surface area contributed by atoms with Crippen LogP contribution in [0.4, 0.5) is 0 Å². The Bertz CT molecular complexity index is 1010. The minimum absolute atomic E-state index is 0.360. The molecule has 0 aliphatic heterocycles.